The minimum atomic E-state index is 0.250. The first-order valence-corrected chi connectivity index (χ1v) is 2.67. The molecule has 0 spiro atoms. The third kappa shape index (κ3) is 4.68. The summed E-state index contributed by atoms with van der Waals surface area (Å²) >= 11 is 0. The molecule has 0 N–H and O–H groups in total. The second-order valence-electron chi connectivity index (χ2n) is 1.61. The predicted octanol–water partition coefficient (Wildman–Crippen LogP) is 0.807. The Morgan fingerprint density at radius 3 is 2.30 bits per heavy atom. The van der Waals surface area contributed by atoms with Crippen LogP contribution in [0.4, 0.5) is 0 Å². The SMILES string of the molecule is Cc1cccnc1.O=C=O. The second kappa shape index (κ2) is 5.66. The van der Waals surface area contributed by atoms with Gasteiger partial charge in [-0.2, -0.15) is 9.59 Å². The monoisotopic (exact) mass is 137 g/mol. The van der Waals surface area contributed by atoms with Gasteiger partial charge in [0.1, 0.15) is 0 Å². The predicted molar refractivity (Wildman–Crippen MR) is 34.0 cm³/mol. The first-order valence-electron chi connectivity index (χ1n) is 2.67. The number of rotatable bonds is 0. The molecule has 0 bridgehead atoms. The van der Waals surface area contributed by atoms with Crippen LogP contribution in [0.15, 0.2) is 24.5 Å². The van der Waals surface area contributed by atoms with Crippen molar-refractivity contribution in [1.29, 1.82) is 0 Å². The smallest absolute Gasteiger partial charge is 0.264 e. The maximum atomic E-state index is 8.12. The van der Waals surface area contributed by atoms with Crippen LogP contribution in [-0.4, -0.2) is 11.1 Å². The molecule has 0 unspecified atom stereocenters. The molecule has 0 amide bonds. The second-order valence-corrected chi connectivity index (χ2v) is 1.61. The molecule has 10 heavy (non-hydrogen) atoms. The molecule has 0 aliphatic heterocycles. The van der Waals surface area contributed by atoms with E-state index >= 15 is 0 Å². The molecule has 0 saturated heterocycles. The van der Waals surface area contributed by atoms with Gasteiger partial charge < -0.3 is 0 Å². The van der Waals surface area contributed by atoms with E-state index in [0.29, 0.717) is 0 Å². The summed E-state index contributed by atoms with van der Waals surface area (Å²) < 4.78 is 0. The molecule has 0 fully saturated rings. The molecule has 3 heteroatoms. The molecule has 0 aliphatic carbocycles. The molecule has 1 aromatic rings. The Morgan fingerprint density at radius 1 is 1.50 bits per heavy atom. The Hall–Kier alpha value is -1.47. The van der Waals surface area contributed by atoms with Crippen LogP contribution in [0.2, 0.25) is 0 Å². The largest absolute Gasteiger partial charge is 0.373 e. The lowest BCUT2D eigenvalue weighted by Crippen LogP contribution is -1.69. The molecular formula is C7H7NO2. The van der Waals surface area contributed by atoms with Crippen LogP contribution >= 0.6 is 0 Å². The highest BCUT2D eigenvalue weighted by Gasteiger charge is 1.73. The van der Waals surface area contributed by atoms with Gasteiger partial charge in [-0.25, -0.2) is 0 Å². The first kappa shape index (κ1) is 8.53. The molecular weight excluding hydrogens is 130 g/mol. The molecule has 0 aliphatic rings. The Morgan fingerprint density at radius 2 is 2.10 bits per heavy atom. The molecule has 3 nitrogen and oxygen atoms in total. The molecule has 0 atom stereocenters. The Bertz CT molecular complexity index is 202. The fourth-order valence-electron chi connectivity index (χ4n) is 0.448. The van der Waals surface area contributed by atoms with E-state index in [-0.39, 0.29) is 6.15 Å². The van der Waals surface area contributed by atoms with Crippen LogP contribution in [0, 0.1) is 6.92 Å². The number of aromatic nitrogens is 1. The van der Waals surface area contributed by atoms with Crippen molar-refractivity contribution in [3.8, 4) is 0 Å². The zero-order valence-electron chi connectivity index (χ0n) is 5.57. The lowest BCUT2D eigenvalue weighted by Gasteiger charge is -1.82. The fraction of sp³-hybridized carbons (Fsp3) is 0.143. The third-order valence-corrected chi connectivity index (χ3v) is 0.809. The number of pyridine rings is 1. The minimum absolute atomic E-state index is 0.250. The number of aryl methyl sites for hydroxylation is 1. The summed E-state index contributed by atoms with van der Waals surface area (Å²) in [6.07, 6.45) is 3.85. The van der Waals surface area contributed by atoms with Crippen LogP contribution in [0.5, 0.6) is 0 Å². The molecule has 0 saturated carbocycles. The Kier molecular flexibility index (Phi) is 4.83. The van der Waals surface area contributed by atoms with Crippen LogP contribution in [0.1, 0.15) is 5.56 Å². The average Bonchev–Trinajstić information content (AvgIpc) is 1.91. The average molecular weight is 137 g/mol. The summed E-state index contributed by atoms with van der Waals surface area (Å²) in [5.41, 5.74) is 1.21. The first-order chi connectivity index (χ1) is 4.81. The highest BCUT2D eigenvalue weighted by Crippen LogP contribution is 1.88. The number of hydrogen-bond donors (Lipinski definition) is 0. The van der Waals surface area contributed by atoms with E-state index in [1.54, 1.807) is 6.20 Å². The van der Waals surface area contributed by atoms with Gasteiger partial charge in [0, 0.05) is 12.4 Å². The maximum Gasteiger partial charge on any atom is 0.373 e. The summed E-state index contributed by atoms with van der Waals surface area (Å²) in [5.74, 6) is 0. The van der Waals surface area contributed by atoms with Crippen molar-refractivity contribution in [3.05, 3.63) is 30.1 Å². The minimum Gasteiger partial charge on any atom is -0.264 e. The zero-order chi connectivity index (χ0) is 7.82. The van der Waals surface area contributed by atoms with E-state index in [9.17, 15) is 0 Å². The highest BCUT2D eigenvalue weighted by molar-refractivity contribution is 5.20. The van der Waals surface area contributed by atoms with E-state index in [4.69, 9.17) is 9.59 Å². The van der Waals surface area contributed by atoms with Gasteiger partial charge in [-0.3, -0.25) is 4.98 Å². The van der Waals surface area contributed by atoms with Crippen LogP contribution in [-0.2, 0) is 9.59 Å². The summed E-state index contributed by atoms with van der Waals surface area (Å²) in [6.45, 7) is 2.02. The lowest BCUT2D eigenvalue weighted by atomic mass is 10.3. The zero-order valence-corrected chi connectivity index (χ0v) is 5.57. The standard InChI is InChI=1S/C6H7N.CO2/c1-6-3-2-4-7-5-6;2-1-3/h2-5H,1H3;. The molecule has 0 radical (unpaired) electrons. The fourth-order valence-corrected chi connectivity index (χ4v) is 0.448. The molecule has 1 aromatic heterocycles. The molecule has 1 rings (SSSR count). The van der Waals surface area contributed by atoms with Crippen molar-refractivity contribution >= 4 is 6.15 Å². The van der Waals surface area contributed by atoms with Crippen LogP contribution < -0.4 is 0 Å². The molecule has 52 valence electrons. The quantitative estimate of drug-likeness (QED) is 0.531. The van der Waals surface area contributed by atoms with Crippen LogP contribution in [0.3, 0.4) is 0 Å². The van der Waals surface area contributed by atoms with Gasteiger partial charge in [-0.05, 0) is 18.6 Å². The topological polar surface area (TPSA) is 47.0 Å². The Balaban J connectivity index is 0.000000236. The highest BCUT2D eigenvalue weighted by atomic mass is 16.2. The summed E-state index contributed by atoms with van der Waals surface area (Å²) in [4.78, 5) is 20.1. The Labute approximate surface area is 58.7 Å². The van der Waals surface area contributed by atoms with Crippen molar-refractivity contribution < 1.29 is 9.59 Å². The van der Waals surface area contributed by atoms with E-state index in [1.807, 2.05) is 25.3 Å². The van der Waals surface area contributed by atoms with Gasteiger partial charge >= 0.3 is 6.15 Å². The van der Waals surface area contributed by atoms with Gasteiger partial charge in [-0.15, -0.1) is 0 Å². The van der Waals surface area contributed by atoms with Crippen molar-refractivity contribution in [2.24, 2.45) is 0 Å². The van der Waals surface area contributed by atoms with Gasteiger partial charge in [-0.1, -0.05) is 6.07 Å². The number of carbonyl (C=O) groups excluding carboxylic acids is 2. The lowest BCUT2D eigenvalue weighted by molar-refractivity contribution is -0.191. The third-order valence-electron chi connectivity index (χ3n) is 0.809. The van der Waals surface area contributed by atoms with Crippen molar-refractivity contribution in [3.63, 3.8) is 0 Å². The molecule has 0 aromatic carbocycles. The van der Waals surface area contributed by atoms with Gasteiger partial charge in [0.2, 0.25) is 0 Å². The normalized spacial score (nSPS) is 6.90. The number of nitrogens with zero attached hydrogens (tertiary/aromatic N) is 1. The van der Waals surface area contributed by atoms with E-state index < -0.39 is 0 Å². The summed E-state index contributed by atoms with van der Waals surface area (Å²) in [6, 6.07) is 3.95. The molecule has 1 heterocycles. The van der Waals surface area contributed by atoms with Crippen LogP contribution in [0.25, 0.3) is 0 Å². The van der Waals surface area contributed by atoms with Gasteiger partial charge in [0.15, 0.2) is 0 Å². The summed E-state index contributed by atoms with van der Waals surface area (Å²) in [7, 11) is 0. The maximum absolute atomic E-state index is 8.12. The van der Waals surface area contributed by atoms with Crippen molar-refractivity contribution in [2.75, 3.05) is 0 Å². The van der Waals surface area contributed by atoms with Crippen molar-refractivity contribution in [1.82, 2.24) is 4.98 Å². The number of hydrogen-bond acceptors (Lipinski definition) is 3. The van der Waals surface area contributed by atoms with Gasteiger partial charge in [0.05, 0.1) is 0 Å². The van der Waals surface area contributed by atoms with Crippen molar-refractivity contribution in [2.45, 2.75) is 6.92 Å². The summed E-state index contributed by atoms with van der Waals surface area (Å²) in [5, 5.41) is 0. The van der Waals surface area contributed by atoms with E-state index in [0.717, 1.165) is 0 Å². The van der Waals surface area contributed by atoms with E-state index in [1.165, 1.54) is 5.56 Å². The van der Waals surface area contributed by atoms with Gasteiger partial charge in [0.25, 0.3) is 0 Å². The van der Waals surface area contributed by atoms with E-state index in [2.05, 4.69) is 4.98 Å².